The van der Waals surface area contributed by atoms with E-state index in [-0.39, 0.29) is 6.04 Å². The van der Waals surface area contributed by atoms with Crippen LogP contribution in [0.15, 0.2) is 30.5 Å². The van der Waals surface area contributed by atoms with Crippen LogP contribution >= 0.6 is 11.3 Å². The molecule has 2 nitrogen and oxygen atoms in total. The van der Waals surface area contributed by atoms with Gasteiger partial charge >= 0.3 is 0 Å². The van der Waals surface area contributed by atoms with Gasteiger partial charge in [0.1, 0.15) is 5.01 Å². The van der Waals surface area contributed by atoms with Gasteiger partial charge in [0.15, 0.2) is 0 Å². The van der Waals surface area contributed by atoms with Gasteiger partial charge in [-0.1, -0.05) is 23.8 Å². The van der Waals surface area contributed by atoms with Crippen LogP contribution in [0, 0.1) is 6.92 Å². The SMILES string of the molecule is Cc1cccc(-c2ncc(CC(C)N)s2)c1. The van der Waals surface area contributed by atoms with Gasteiger partial charge in [-0.15, -0.1) is 11.3 Å². The first-order chi connectivity index (χ1) is 7.65. The zero-order valence-electron chi connectivity index (χ0n) is 9.60. The molecule has 0 aliphatic carbocycles. The average molecular weight is 232 g/mol. The molecule has 1 aromatic carbocycles. The van der Waals surface area contributed by atoms with Crippen molar-refractivity contribution in [1.29, 1.82) is 0 Å². The number of benzene rings is 1. The summed E-state index contributed by atoms with van der Waals surface area (Å²) in [6.45, 7) is 4.12. The molecule has 0 radical (unpaired) electrons. The molecule has 0 fully saturated rings. The van der Waals surface area contributed by atoms with Crippen molar-refractivity contribution >= 4 is 11.3 Å². The Labute approximate surface area is 100 Å². The minimum absolute atomic E-state index is 0.200. The van der Waals surface area contributed by atoms with Crippen LogP contribution in [0.1, 0.15) is 17.4 Å². The van der Waals surface area contributed by atoms with Gasteiger partial charge in [0.05, 0.1) is 0 Å². The van der Waals surface area contributed by atoms with Crippen molar-refractivity contribution in [2.75, 3.05) is 0 Å². The molecule has 1 aromatic heterocycles. The Kier molecular flexibility index (Phi) is 3.36. The van der Waals surface area contributed by atoms with Crippen molar-refractivity contribution in [2.45, 2.75) is 26.3 Å². The molecule has 0 saturated carbocycles. The third-order valence-electron chi connectivity index (χ3n) is 2.34. The molecule has 0 aliphatic rings. The number of thiazole rings is 1. The summed E-state index contributed by atoms with van der Waals surface area (Å²) in [6.07, 6.45) is 2.84. The van der Waals surface area contributed by atoms with Gasteiger partial charge in [-0.05, 0) is 26.3 Å². The molecule has 84 valence electrons. The third kappa shape index (κ3) is 2.68. The van der Waals surface area contributed by atoms with Crippen LogP contribution in [0.3, 0.4) is 0 Å². The van der Waals surface area contributed by atoms with E-state index in [0.29, 0.717) is 0 Å². The van der Waals surface area contributed by atoms with Crippen LogP contribution < -0.4 is 5.73 Å². The van der Waals surface area contributed by atoms with Gasteiger partial charge in [-0.2, -0.15) is 0 Å². The molecule has 1 atom stereocenters. The maximum Gasteiger partial charge on any atom is 0.123 e. The summed E-state index contributed by atoms with van der Waals surface area (Å²) in [5.74, 6) is 0. The predicted octanol–water partition coefficient (Wildman–Crippen LogP) is 3.01. The second kappa shape index (κ2) is 4.76. The van der Waals surface area contributed by atoms with Crippen molar-refractivity contribution in [2.24, 2.45) is 5.73 Å². The van der Waals surface area contributed by atoms with E-state index in [1.807, 2.05) is 13.1 Å². The molecular weight excluding hydrogens is 216 g/mol. The highest BCUT2D eigenvalue weighted by atomic mass is 32.1. The molecule has 0 saturated heterocycles. The highest BCUT2D eigenvalue weighted by Gasteiger charge is 2.06. The van der Waals surface area contributed by atoms with E-state index in [2.05, 4.69) is 36.2 Å². The molecule has 0 bridgehead atoms. The highest BCUT2D eigenvalue weighted by molar-refractivity contribution is 7.15. The summed E-state index contributed by atoms with van der Waals surface area (Å²) >= 11 is 1.73. The van der Waals surface area contributed by atoms with E-state index < -0.39 is 0 Å². The summed E-state index contributed by atoms with van der Waals surface area (Å²) in [7, 11) is 0. The van der Waals surface area contributed by atoms with Crippen LogP contribution in [0.4, 0.5) is 0 Å². The lowest BCUT2D eigenvalue weighted by Crippen LogP contribution is -2.16. The summed E-state index contributed by atoms with van der Waals surface area (Å²) in [5, 5.41) is 1.08. The fourth-order valence-electron chi connectivity index (χ4n) is 1.63. The zero-order valence-corrected chi connectivity index (χ0v) is 10.4. The minimum Gasteiger partial charge on any atom is -0.328 e. The monoisotopic (exact) mass is 232 g/mol. The van der Waals surface area contributed by atoms with Crippen LogP contribution in [0.2, 0.25) is 0 Å². The Balaban J connectivity index is 2.24. The first-order valence-electron chi connectivity index (χ1n) is 5.42. The lowest BCUT2D eigenvalue weighted by molar-refractivity contribution is 0.745. The molecule has 0 aliphatic heterocycles. The second-order valence-electron chi connectivity index (χ2n) is 4.18. The van der Waals surface area contributed by atoms with Crippen molar-refractivity contribution in [3.8, 4) is 10.6 Å². The number of nitrogens with zero attached hydrogens (tertiary/aromatic N) is 1. The van der Waals surface area contributed by atoms with E-state index in [1.165, 1.54) is 16.0 Å². The van der Waals surface area contributed by atoms with Crippen LogP contribution in [-0.2, 0) is 6.42 Å². The topological polar surface area (TPSA) is 38.9 Å². The Hall–Kier alpha value is -1.19. The lowest BCUT2D eigenvalue weighted by atomic mass is 10.1. The minimum atomic E-state index is 0.200. The first kappa shape index (κ1) is 11.3. The smallest absolute Gasteiger partial charge is 0.123 e. The summed E-state index contributed by atoms with van der Waals surface area (Å²) in [4.78, 5) is 5.70. The molecule has 3 heteroatoms. The largest absolute Gasteiger partial charge is 0.328 e. The standard InChI is InChI=1S/C13H16N2S/c1-9-4-3-5-11(6-9)13-15-8-12(16-13)7-10(2)14/h3-6,8,10H,7,14H2,1-2H3. The van der Waals surface area contributed by atoms with Gasteiger partial charge in [0.2, 0.25) is 0 Å². The highest BCUT2D eigenvalue weighted by Crippen LogP contribution is 2.26. The zero-order chi connectivity index (χ0) is 11.5. The van der Waals surface area contributed by atoms with Gasteiger partial charge in [-0.25, -0.2) is 4.98 Å². The molecule has 0 amide bonds. The second-order valence-corrected chi connectivity index (χ2v) is 5.30. The van der Waals surface area contributed by atoms with Crippen molar-refractivity contribution in [3.05, 3.63) is 40.9 Å². The Morgan fingerprint density at radius 1 is 1.44 bits per heavy atom. The van der Waals surface area contributed by atoms with Crippen LogP contribution in [0.25, 0.3) is 10.6 Å². The van der Waals surface area contributed by atoms with Crippen LogP contribution in [0.5, 0.6) is 0 Å². The molecule has 2 aromatic rings. The number of hydrogen-bond acceptors (Lipinski definition) is 3. The quantitative estimate of drug-likeness (QED) is 0.883. The lowest BCUT2D eigenvalue weighted by Gasteiger charge is -2.00. The number of nitrogens with two attached hydrogens (primary N) is 1. The number of hydrogen-bond donors (Lipinski definition) is 1. The number of aromatic nitrogens is 1. The van der Waals surface area contributed by atoms with Crippen LogP contribution in [-0.4, -0.2) is 11.0 Å². The Morgan fingerprint density at radius 2 is 2.25 bits per heavy atom. The third-order valence-corrected chi connectivity index (χ3v) is 3.41. The predicted molar refractivity (Wildman–Crippen MR) is 69.6 cm³/mol. The van der Waals surface area contributed by atoms with E-state index >= 15 is 0 Å². The summed E-state index contributed by atoms with van der Waals surface area (Å²) < 4.78 is 0. The Morgan fingerprint density at radius 3 is 2.94 bits per heavy atom. The first-order valence-corrected chi connectivity index (χ1v) is 6.24. The van der Waals surface area contributed by atoms with Crippen molar-refractivity contribution < 1.29 is 0 Å². The molecule has 16 heavy (non-hydrogen) atoms. The van der Waals surface area contributed by atoms with Gasteiger partial charge in [-0.3, -0.25) is 0 Å². The fraction of sp³-hybridized carbons (Fsp3) is 0.308. The van der Waals surface area contributed by atoms with E-state index in [1.54, 1.807) is 11.3 Å². The summed E-state index contributed by atoms with van der Waals surface area (Å²) in [5.41, 5.74) is 8.24. The number of rotatable bonds is 3. The normalized spacial score (nSPS) is 12.7. The molecular formula is C13H16N2S. The maximum atomic E-state index is 5.78. The molecule has 1 heterocycles. The van der Waals surface area contributed by atoms with Gasteiger partial charge < -0.3 is 5.73 Å². The Bertz CT molecular complexity index is 474. The maximum absolute atomic E-state index is 5.78. The van der Waals surface area contributed by atoms with Crippen molar-refractivity contribution in [3.63, 3.8) is 0 Å². The summed E-state index contributed by atoms with van der Waals surface area (Å²) in [6, 6.07) is 8.62. The molecule has 2 N–H and O–H groups in total. The molecule has 2 rings (SSSR count). The van der Waals surface area contributed by atoms with E-state index in [4.69, 9.17) is 5.73 Å². The average Bonchev–Trinajstić information content (AvgIpc) is 2.65. The van der Waals surface area contributed by atoms with E-state index in [0.717, 1.165) is 11.4 Å². The van der Waals surface area contributed by atoms with Crippen molar-refractivity contribution in [1.82, 2.24) is 4.98 Å². The molecule has 0 spiro atoms. The van der Waals surface area contributed by atoms with Gasteiger partial charge in [0.25, 0.3) is 0 Å². The number of aryl methyl sites for hydroxylation is 1. The molecule has 1 unspecified atom stereocenters. The van der Waals surface area contributed by atoms with E-state index in [9.17, 15) is 0 Å². The fourth-order valence-corrected chi connectivity index (χ4v) is 2.68. The van der Waals surface area contributed by atoms with Gasteiger partial charge in [0, 0.05) is 22.7 Å².